The lowest BCUT2D eigenvalue weighted by atomic mass is 9.75. The number of anilines is 1. The third-order valence-electron chi connectivity index (χ3n) is 10.2. The van der Waals surface area contributed by atoms with Gasteiger partial charge >= 0.3 is 11.9 Å². The lowest BCUT2D eigenvalue weighted by Crippen LogP contribution is -2.33. The van der Waals surface area contributed by atoms with Gasteiger partial charge in [-0.3, -0.25) is 19.2 Å². The molecule has 45 heavy (non-hydrogen) atoms. The molecule has 2 aromatic rings. The number of nitrogens with two attached hydrogens (primary N) is 1. The molecular formula is C35H48N4O6. The Morgan fingerprint density at radius 1 is 1.13 bits per heavy atom. The van der Waals surface area contributed by atoms with E-state index in [9.17, 15) is 19.2 Å². The Hall–Kier alpha value is -3.69. The topological polar surface area (TPSA) is 143 Å². The monoisotopic (exact) mass is 620 g/mol. The fourth-order valence-corrected chi connectivity index (χ4v) is 7.35. The van der Waals surface area contributed by atoms with Gasteiger partial charge in [0, 0.05) is 25.1 Å². The normalized spacial score (nSPS) is 26.0. The van der Waals surface area contributed by atoms with Crippen LogP contribution in [-0.4, -0.2) is 51.7 Å². The van der Waals surface area contributed by atoms with Gasteiger partial charge in [0.2, 0.25) is 0 Å². The van der Waals surface area contributed by atoms with E-state index >= 15 is 0 Å². The van der Waals surface area contributed by atoms with Gasteiger partial charge in [-0.05, 0) is 86.8 Å². The van der Waals surface area contributed by atoms with Crippen molar-refractivity contribution in [1.29, 1.82) is 0 Å². The van der Waals surface area contributed by atoms with Crippen LogP contribution < -0.4 is 11.1 Å². The Morgan fingerprint density at radius 2 is 1.84 bits per heavy atom. The molecule has 244 valence electrons. The van der Waals surface area contributed by atoms with Gasteiger partial charge in [-0.1, -0.05) is 34.1 Å². The summed E-state index contributed by atoms with van der Waals surface area (Å²) in [5, 5.41) is 8.24. The highest BCUT2D eigenvalue weighted by Crippen LogP contribution is 2.57. The van der Waals surface area contributed by atoms with Gasteiger partial charge in [-0.2, -0.15) is 5.10 Å². The Morgan fingerprint density at radius 3 is 2.47 bits per heavy atom. The summed E-state index contributed by atoms with van der Waals surface area (Å²) in [6, 6.07) is 5.45. The molecule has 1 amide bonds. The number of esters is 2. The quantitative estimate of drug-likeness (QED) is 0.298. The van der Waals surface area contributed by atoms with E-state index in [1.54, 1.807) is 6.07 Å². The van der Waals surface area contributed by atoms with Crippen molar-refractivity contribution in [2.24, 2.45) is 22.5 Å². The third kappa shape index (κ3) is 7.42. The second-order valence-electron chi connectivity index (χ2n) is 14.5. The number of ether oxygens (including phenoxy) is 2. The molecule has 3 aliphatic carbocycles. The van der Waals surface area contributed by atoms with Gasteiger partial charge in [0.15, 0.2) is 5.78 Å². The van der Waals surface area contributed by atoms with Crippen molar-refractivity contribution in [2.45, 2.75) is 124 Å². The fourth-order valence-electron chi connectivity index (χ4n) is 7.35. The number of nitrogens with one attached hydrogen (secondary N) is 1. The summed E-state index contributed by atoms with van der Waals surface area (Å²) in [7, 11) is 0. The summed E-state index contributed by atoms with van der Waals surface area (Å²) >= 11 is 0. The largest absolute Gasteiger partial charge is 0.462 e. The van der Waals surface area contributed by atoms with Crippen LogP contribution in [0.5, 0.6) is 0 Å². The van der Waals surface area contributed by atoms with E-state index in [-0.39, 0.29) is 47.1 Å². The molecule has 2 saturated carbocycles. The van der Waals surface area contributed by atoms with Crippen LogP contribution in [0, 0.1) is 23.7 Å². The zero-order valence-electron chi connectivity index (χ0n) is 27.5. The standard InChI is InChI=1S/C35H48N4O6/c1-7-35(6)17-22(35)14-26(44-21(3)40)16-31(42)45-25-11-8-23(9-12-25)37-28-15-24(10-13-27(28)33(36)43)39-29-18-34(4,5)19-30(41)32(29)20(2)38-39/h10,13,15,22-23,25-26,37H,7-9,11-12,14,16-19H2,1-6H3,(H2,36,43). The first kappa shape index (κ1) is 32.7. The molecular weight excluding hydrogens is 572 g/mol. The van der Waals surface area contributed by atoms with Crippen molar-refractivity contribution in [3.63, 3.8) is 0 Å². The Labute approximate surface area is 265 Å². The summed E-state index contributed by atoms with van der Waals surface area (Å²) in [5.74, 6) is -0.674. The van der Waals surface area contributed by atoms with Crippen LogP contribution in [0.4, 0.5) is 5.69 Å². The summed E-state index contributed by atoms with van der Waals surface area (Å²) < 4.78 is 13.1. The van der Waals surface area contributed by atoms with E-state index in [1.807, 2.05) is 23.7 Å². The number of ketones is 1. The highest BCUT2D eigenvalue weighted by atomic mass is 16.6. The minimum absolute atomic E-state index is 0.0532. The number of carbonyl (C=O) groups is 4. The van der Waals surface area contributed by atoms with Crippen molar-refractivity contribution >= 4 is 29.3 Å². The molecule has 3 aliphatic rings. The van der Waals surface area contributed by atoms with E-state index in [4.69, 9.17) is 20.3 Å². The highest BCUT2D eigenvalue weighted by molar-refractivity contribution is 6.00. The number of amides is 1. The minimum atomic E-state index is -0.533. The third-order valence-corrected chi connectivity index (χ3v) is 10.2. The molecule has 3 N–H and O–H groups in total. The number of hydrogen-bond donors (Lipinski definition) is 2. The summed E-state index contributed by atoms with van der Waals surface area (Å²) in [6.45, 7) is 11.8. The number of Topliss-reactive ketones (excluding diaryl/α,β-unsaturated/α-hetero) is 1. The van der Waals surface area contributed by atoms with Crippen LogP contribution in [0.15, 0.2) is 18.2 Å². The molecule has 2 fully saturated rings. The zero-order valence-corrected chi connectivity index (χ0v) is 27.5. The molecule has 10 nitrogen and oxygen atoms in total. The summed E-state index contributed by atoms with van der Waals surface area (Å²) in [4.78, 5) is 49.8. The van der Waals surface area contributed by atoms with E-state index < -0.39 is 12.0 Å². The number of aromatic nitrogens is 2. The molecule has 0 saturated heterocycles. The molecule has 10 heteroatoms. The smallest absolute Gasteiger partial charge is 0.309 e. The Bertz CT molecular complexity index is 1490. The van der Waals surface area contributed by atoms with Gasteiger partial charge in [0.05, 0.1) is 34.6 Å². The fraction of sp³-hybridized carbons (Fsp3) is 0.629. The van der Waals surface area contributed by atoms with Crippen molar-refractivity contribution in [1.82, 2.24) is 9.78 Å². The van der Waals surface area contributed by atoms with Crippen LogP contribution in [0.1, 0.15) is 125 Å². The number of aryl methyl sites for hydroxylation is 1. The average molecular weight is 621 g/mol. The van der Waals surface area contributed by atoms with E-state index in [0.717, 1.165) is 43.5 Å². The van der Waals surface area contributed by atoms with Crippen LogP contribution in [0.25, 0.3) is 5.69 Å². The van der Waals surface area contributed by atoms with E-state index in [2.05, 4.69) is 33.0 Å². The molecule has 0 spiro atoms. The van der Waals surface area contributed by atoms with Gasteiger partial charge < -0.3 is 20.5 Å². The molecule has 3 atom stereocenters. The second-order valence-corrected chi connectivity index (χ2v) is 14.5. The van der Waals surface area contributed by atoms with E-state index in [1.165, 1.54) is 6.92 Å². The number of primary amides is 1. The molecule has 0 bridgehead atoms. The number of rotatable bonds is 11. The van der Waals surface area contributed by atoms with Crippen LogP contribution in [0.2, 0.25) is 0 Å². The number of benzene rings is 1. The maximum absolute atomic E-state index is 12.9. The van der Waals surface area contributed by atoms with Gasteiger partial charge in [0.1, 0.15) is 12.2 Å². The maximum Gasteiger partial charge on any atom is 0.309 e. The molecule has 0 aliphatic heterocycles. The van der Waals surface area contributed by atoms with Crippen molar-refractivity contribution in [3.8, 4) is 5.69 Å². The first-order chi connectivity index (χ1) is 21.2. The molecule has 1 aromatic heterocycles. The minimum Gasteiger partial charge on any atom is -0.462 e. The number of fused-ring (bicyclic) bond motifs is 1. The SMILES string of the molecule is CCC1(C)CC1CC(CC(=O)OC1CCC(Nc2cc(-n3nc(C)c4c3CC(C)(C)CC4=O)ccc2C(N)=O)CC1)OC(C)=O. The lowest BCUT2D eigenvalue weighted by molar-refractivity contribution is -0.158. The predicted octanol–water partition coefficient (Wildman–Crippen LogP) is 5.85. The van der Waals surface area contributed by atoms with Gasteiger partial charge in [-0.15, -0.1) is 0 Å². The number of carbonyl (C=O) groups excluding carboxylic acids is 4. The van der Waals surface area contributed by atoms with Crippen LogP contribution >= 0.6 is 0 Å². The highest BCUT2D eigenvalue weighted by Gasteiger charge is 2.49. The van der Waals surface area contributed by atoms with Crippen LogP contribution in [0.3, 0.4) is 0 Å². The number of hydrogen-bond acceptors (Lipinski definition) is 8. The number of nitrogens with zero attached hydrogens (tertiary/aromatic N) is 2. The average Bonchev–Trinajstić information content (AvgIpc) is 3.47. The van der Waals surface area contributed by atoms with Crippen molar-refractivity contribution in [2.75, 3.05) is 5.32 Å². The first-order valence-electron chi connectivity index (χ1n) is 16.4. The first-order valence-corrected chi connectivity index (χ1v) is 16.4. The maximum atomic E-state index is 12.9. The van der Waals surface area contributed by atoms with Crippen LogP contribution in [-0.2, 0) is 25.5 Å². The predicted molar refractivity (Wildman–Crippen MR) is 170 cm³/mol. The summed E-state index contributed by atoms with van der Waals surface area (Å²) in [6.07, 6.45) is 6.29. The van der Waals surface area contributed by atoms with E-state index in [0.29, 0.717) is 54.1 Å². The van der Waals surface area contributed by atoms with Gasteiger partial charge in [0.25, 0.3) is 5.91 Å². The lowest BCUT2D eigenvalue weighted by Gasteiger charge is -2.31. The molecule has 3 unspecified atom stereocenters. The molecule has 1 heterocycles. The van der Waals surface area contributed by atoms with Crippen molar-refractivity contribution < 1.29 is 28.7 Å². The molecule has 0 radical (unpaired) electrons. The van der Waals surface area contributed by atoms with Crippen molar-refractivity contribution in [3.05, 3.63) is 40.7 Å². The molecule has 1 aromatic carbocycles. The Balaban J connectivity index is 1.22. The second kappa shape index (κ2) is 12.6. The van der Waals surface area contributed by atoms with Gasteiger partial charge in [-0.25, -0.2) is 4.68 Å². The zero-order chi connectivity index (χ0) is 32.7. The summed E-state index contributed by atoms with van der Waals surface area (Å²) in [5.41, 5.74) is 9.90. The Kier molecular flexibility index (Phi) is 9.16. The molecule has 5 rings (SSSR count).